The van der Waals surface area contributed by atoms with Crippen LogP contribution in [0.25, 0.3) is 0 Å². The van der Waals surface area contributed by atoms with Gasteiger partial charge in [-0.2, -0.15) is 4.58 Å². The second kappa shape index (κ2) is 12.2. The number of hydrogen-bond acceptors (Lipinski definition) is 12. The number of aromatic hydroxyl groups is 1. The summed E-state index contributed by atoms with van der Waals surface area (Å²) in [5.74, 6) is -4.86. The molecule has 1 aromatic rings. The summed E-state index contributed by atoms with van der Waals surface area (Å²) in [6, 6.07) is -0.00207. The van der Waals surface area contributed by atoms with Crippen molar-refractivity contribution < 1.29 is 69.3 Å². The van der Waals surface area contributed by atoms with Gasteiger partial charge in [-0.05, 0) is 17.7 Å². The molecule has 15 nitrogen and oxygen atoms in total. The van der Waals surface area contributed by atoms with Gasteiger partial charge in [0.2, 0.25) is 18.0 Å². The van der Waals surface area contributed by atoms with Crippen molar-refractivity contribution in [1.29, 1.82) is 0 Å². The van der Waals surface area contributed by atoms with Crippen LogP contribution in [0.2, 0.25) is 0 Å². The minimum atomic E-state index is -1.74. The highest BCUT2D eigenvalue weighted by Gasteiger charge is 2.45. The Labute approximate surface area is 231 Å². The highest BCUT2D eigenvalue weighted by molar-refractivity contribution is 5.89. The van der Waals surface area contributed by atoms with E-state index in [-0.39, 0.29) is 48.0 Å². The number of carboxylic acid groups (broad SMARTS) is 3. The summed E-state index contributed by atoms with van der Waals surface area (Å²) in [6.45, 7) is -0.693. The number of carbonyl (C=O) groups is 3. The Hall–Kier alpha value is -3.73. The normalized spacial score (nSPS) is 31.5. The van der Waals surface area contributed by atoms with Gasteiger partial charge in [-0.3, -0.25) is 0 Å². The van der Waals surface area contributed by atoms with Gasteiger partial charge in [0.25, 0.3) is 0 Å². The van der Waals surface area contributed by atoms with Gasteiger partial charge in [0.15, 0.2) is 17.7 Å². The quantitative estimate of drug-likeness (QED) is 0.146. The number of allylic oxidation sites excluding steroid dienone is 2. The number of phenols is 1. The van der Waals surface area contributed by atoms with Crippen LogP contribution in [0.3, 0.4) is 0 Å². The Morgan fingerprint density at radius 1 is 1.12 bits per heavy atom. The molecule has 0 aliphatic carbocycles. The van der Waals surface area contributed by atoms with Crippen molar-refractivity contribution in [2.75, 3.05) is 6.61 Å². The molecule has 0 amide bonds. The molecular formula is C24H27ClN2O13. The molecular weight excluding hydrogens is 560 g/mol. The van der Waals surface area contributed by atoms with Crippen LogP contribution < -0.4 is 15.2 Å². The van der Waals surface area contributed by atoms with Crippen LogP contribution in [-0.4, -0.2) is 114 Å². The average Bonchev–Trinajstić information content (AvgIpc) is 3.24. The number of ether oxygens (including phenoxy) is 2. The molecule has 8 N–H and O–H groups in total. The number of halogens is 1. The van der Waals surface area contributed by atoms with Crippen LogP contribution in [0.1, 0.15) is 12.0 Å². The SMILES string of the molecule is Cl.O=C(O)C1=C/C(=C/C=[N+]2c3cc(O)c(O[C@@H]4O[C@H](CO)[C@@H](O)[C@H](O)[C@H]4O)cc3CC2C(=O)[O-])CC(C(=O)O)N1. The first-order valence-electron chi connectivity index (χ1n) is 11.7. The van der Waals surface area contributed by atoms with Gasteiger partial charge in [0.1, 0.15) is 42.1 Å². The fourth-order valence-electron chi connectivity index (χ4n) is 4.57. The largest absolute Gasteiger partial charge is 0.543 e. The Morgan fingerprint density at radius 3 is 2.42 bits per heavy atom. The number of aliphatic hydroxyl groups excluding tert-OH is 4. The van der Waals surface area contributed by atoms with Gasteiger partial charge in [-0.15, -0.1) is 12.4 Å². The summed E-state index contributed by atoms with van der Waals surface area (Å²) in [5.41, 5.74) is 0.535. The number of aliphatic hydroxyl groups is 4. The van der Waals surface area contributed by atoms with Gasteiger partial charge in [-0.1, -0.05) is 0 Å². The van der Waals surface area contributed by atoms with Crippen molar-refractivity contribution in [3.8, 4) is 11.5 Å². The van der Waals surface area contributed by atoms with Gasteiger partial charge < -0.3 is 60.4 Å². The van der Waals surface area contributed by atoms with E-state index in [9.17, 15) is 55.2 Å². The molecule has 1 fully saturated rings. The highest BCUT2D eigenvalue weighted by atomic mass is 35.5. The minimum absolute atomic E-state index is 0. The monoisotopic (exact) mass is 586 g/mol. The molecule has 1 aromatic carbocycles. The lowest BCUT2D eigenvalue weighted by Crippen LogP contribution is -2.60. The van der Waals surface area contributed by atoms with Crippen LogP contribution >= 0.6 is 12.4 Å². The van der Waals surface area contributed by atoms with Crippen LogP contribution in [0.5, 0.6) is 11.5 Å². The van der Waals surface area contributed by atoms with E-state index in [0.29, 0.717) is 5.56 Å². The molecule has 218 valence electrons. The Bertz CT molecular complexity index is 1280. The van der Waals surface area contributed by atoms with Crippen molar-refractivity contribution in [2.24, 2.45) is 0 Å². The maximum Gasteiger partial charge on any atom is 0.351 e. The third-order valence-corrected chi connectivity index (χ3v) is 6.63. The molecule has 3 aliphatic heterocycles. The van der Waals surface area contributed by atoms with Crippen LogP contribution in [-0.2, 0) is 25.5 Å². The molecule has 3 aliphatic rings. The van der Waals surface area contributed by atoms with Gasteiger partial charge in [-0.25, -0.2) is 9.59 Å². The van der Waals surface area contributed by atoms with E-state index in [4.69, 9.17) is 9.47 Å². The number of carbonyl (C=O) groups excluding carboxylic acids is 1. The van der Waals surface area contributed by atoms with Crippen LogP contribution in [0.4, 0.5) is 5.69 Å². The van der Waals surface area contributed by atoms with E-state index < -0.39 is 73.1 Å². The second-order valence-corrected chi connectivity index (χ2v) is 9.20. The van der Waals surface area contributed by atoms with Crippen LogP contribution in [0, 0.1) is 0 Å². The molecule has 3 heterocycles. The topological polar surface area (TPSA) is 249 Å². The first kappa shape index (κ1) is 30.8. The maximum absolute atomic E-state index is 11.9. The van der Waals surface area contributed by atoms with E-state index >= 15 is 0 Å². The minimum Gasteiger partial charge on any atom is -0.543 e. The number of fused-ring (bicyclic) bond motifs is 1. The summed E-state index contributed by atoms with van der Waals surface area (Å²) in [6.07, 6.45) is -4.24. The molecule has 7 atom stereocenters. The molecule has 0 aromatic heterocycles. The molecule has 4 rings (SSSR count). The first-order chi connectivity index (χ1) is 18.4. The zero-order valence-electron chi connectivity index (χ0n) is 20.5. The van der Waals surface area contributed by atoms with E-state index in [1.807, 2.05) is 0 Å². The maximum atomic E-state index is 11.9. The van der Waals surface area contributed by atoms with Crippen molar-refractivity contribution in [3.05, 3.63) is 41.1 Å². The van der Waals surface area contributed by atoms with E-state index in [1.54, 1.807) is 0 Å². The third-order valence-electron chi connectivity index (χ3n) is 6.63. The number of rotatable bonds is 7. The molecule has 16 heteroatoms. The molecule has 0 saturated carbocycles. The lowest BCUT2D eigenvalue weighted by Gasteiger charge is -2.39. The predicted molar refractivity (Wildman–Crippen MR) is 131 cm³/mol. The number of aliphatic carboxylic acids is 3. The lowest BCUT2D eigenvalue weighted by atomic mass is 9.99. The highest BCUT2D eigenvalue weighted by Crippen LogP contribution is 2.40. The van der Waals surface area contributed by atoms with Gasteiger partial charge in [0.05, 0.1) is 12.7 Å². The fraction of sp³-hybridized carbons (Fsp3) is 0.417. The summed E-state index contributed by atoms with van der Waals surface area (Å²) in [5, 5.41) is 82.9. The van der Waals surface area contributed by atoms with Crippen molar-refractivity contribution >= 4 is 42.2 Å². The number of phenolic OH excluding ortho intramolecular Hbond substituents is 1. The average molecular weight is 587 g/mol. The standard InChI is InChI=1S/C24H26N2O13.ClH/c27-8-17-18(29)19(30)20(31)24(39-17)38-16-6-10-5-14(23(36)37)26(13(10)7-15(16)28)2-1-9-3-11(21(32)33)25-12(4-9)22(34)35;/h1-3,6-7,12,14,17-20,24,27,29-31H,4-5,8H2,(H4,28,32,33,34,35,36,37);1H/t12?,14?,17-,18-,19+,20-,24-;/m1./s1. The summed E-state index contributed by atoms with van der Waals surface area (Å²) < 4.78 is 12.0. The van der Waals surface area contributed by atoms with E-state index in [2.05, 4.69) is 5.32 Å². The van der Waals surface area contributed by atoms with Gasteiger partial charge in [0, 0.05) is 24.5 Å². The lowest BCUT2D eigenvalue weighted by molar-refractivity contribution is -0.475. The predicted octanol–water partition coefficient (Wildman–Crippen LogP) is -3.28. The first-order valence-corrected chi connectivity index (χ1v) is 11.7. The van der Waals surface area contributed by atoms with Crippen molar-refractivity contribution in [2.45, 2.75) is 55.6 Å². The number of hydrogen-bond donors (Lipinski definition) is 8. The zero-order chi connectivity index (χ0) is 28.6. The zero-order valence-corrected chi connectivity index (χ0v) is 21.3. The van der Waals surface area contributed by atoms with Crippen molar-refractivity contribution in [1.82, 2.24) is 5.32 Å². The van der Waals surface area contributed by atoms with Crippen molar-refractivity contribution in [3.63, 3.8) is 0 Å². The molecule has 1 saturated heterocycles. The second-order valence-electron chi connectivity index (χ2n) is 9.20. The summed E-state index contributed by atoms with van der Waals surface area (Å²) in [4.78, 5) is 34.7. The van der Waals surface area contributed by atoms with Crippen LogP contribution in [0.15, 0.2) is 35.6 Å². The molecule has 40 heavy (non-hydrogen) atoms. The van der Waals surface area contributed by atoms with E-state index in [0.717, 1.165) is 0 Å². The Morgan fingerprint density at radius 2 is 1.82 bits per heavy atom. The molecule has 0 radical (unpaired) electrons. The third kappa shape index (κ3) is 6.04. The molecule has 0 spiro atoms. The smallest absolute Gasteiger partial charge is 0.351 e. The number of carboxylic acids is 3. The Balaban J connectivity index is 0.00000441. The molecule has 0 bridgehead atoms. The summed E-state index contributed by atoms with van der Waals surface area (Å²) >= 11 is 0. The van der Waals surface area contributed by atoms with Gasteiger partial charge >= 0.3 is 11.9 Å². The fourth-order valence-corrected chi connectivity index (χ4v) is 4.57. The summed E-state index contributed by atoms with van der Waals surface area (Å²) in [7, 11) is 0. The number of nitrogens with one attached hydrogen (secondary N) is 1. The number of nitrogens with zero attached hydrogens (tertiary/aromatic N) is 1. The molecule has 2 unspecified atom stereocenters. The Kier molecular flexibility index (Phi) is 9.40. The number of benzene rings is 1. The van der Waals surface area contributed by atoms with E-state index in [1.165, 1.54) is 35.1 Å².